The van der Waals surface area contributed by atoms with E-state index in [-0.39, 0.29) is 23.6 Å². The Balaban J connectivity index is 1.74. The van der Waals surface area contributed by atoms with Crippen LogP contribution in [0.3, 0.4) is 0 Å². The number of carbonyl (C=O) groups excluding carboxylic acids is 1. The first-order valence-electron chi connectivity index (χ1n) is 8.65. The molecular weight excluding hydrogens is 319 g/mol. The molecule has 3 nitrogen and oxygen atoms in total. The first-order valence-corrected chi connectivity index (χ1v) is 8.65. The number of hydrogen-bond acceptors (Lipinski definition) is 3. The first kappa shape index (κ1) is 16.4. The third kappa shape index (κ3) is 3.12. The number of ether oxygens (including phenoxy) is 2. The summed E-state index contributed by atoms with van der Waals surface area (Å²) in [6, 6.07) is 12.5. The van der Waals surface area contributed by atoms with E-state index in [1.165, 1.54) is 12.1 Å². The van der Waals surface area contributed by atoms with Gasteiger partial charge >= 0.3 is 0 Å². The fourth-order valence-electron chi connectivity index (χ4n) is 3.88. The van der Waals surface area contributed by atoms with Gasteiger partial charge < -0.3 is 9.47 Å². The molecule has 1 fully saturated rings. The first-order chi connectivity index (χ1) is 11.9. The SMILES string of the molecule is CC1(C)OC[C@@H](C[C@@H]2C(=O)c3cc(F)ccc3Cc3ccccc32)O1. The van der Waals surface area contributed by atoms with Gasteiger partial charge in [0.25, 0.3) is 0 Å². The van der Waals surface area contributed by atoms with Crippen LogP contribution in [0.1, 0.15) is 53.2 Å². The summed E-state index contributed by atoms with van der Waals surface area (Å²) in [5, 5.41) is 0. The lowest BCUT2D eigenvalue weighted by Gasteiger charge is -2.21. The Bertz CT molecular complexity index is 828. The van der Waals surface area contributed by atoms with Gasteiger partial charge in [0.05, 0.1) is 18.6 Å². The largest absolute Gasteiger partial charge is 0.348 e. The summed E-state index contributed by atoms with van der Waals surface area (Å²) in [4.78, 5) is 13.2. The molecule has 2 aliphatic rings. The molecule has 0 saturated carbocycles. The normalized spacial score (nSPS) is 24.5. The zero-order valence-electron chi connectivity index (χ0n) is 14.4. The van der Waals surface area contributed by atoms with Crippen LogP contribution in [0.4, 0.5) is 4.39 Å². The number of fused-ring (bicyclic) bond motifs is 2. The molecule has 1 aliphatic heterocycles. The predicted octanol–water partition coefficient (Wildman–Crippen LogP) is 4.24. The van der Waals surface area contributed by atoms with Crippen LogP contribution in [0.25, 0.3) is 0 Å². The molecule has 0 radical (unpaired) electrons. The molecule has 0 bridgehead atoms. The van der Waals surface area contributed by atoms with Crippen LogP contribution in [0.15, 0.2) is 42.5 Å². The van der Waals surface area contributed by atoms with Crippen molar-refractivity contribution < 1.29 is 18.7 Å². The van der Waals surface area contributed by atoms with Crippen molar-refractivity contribution in [3.8, 4) is 0 Å². The van der Waals surface area contributed by atoms with Gasteiger partial charge in [0.15, 0.2) is 11.6 Å². The number of hydrogen-bond donors (Lipinski definition) is 0. The lowest BCUT2D eigenvalue weighted by atomic mass is 9.86. The summed E-state index contributed by atoms with van der Waals surface area (Å²) in [5.41, 5.74) is 3.49. The molecule has 130 valence electrons. The Morgan fingerprint density at radius 1 is 1.16 bits per heavy atom. The van der Waals surface area contributed by atoms with Gasteiger partial charge in [-0.3, -0.25) is 4.79 Å². The van der Waals surface area contributed by atoms with Crippen LogP contribution < -0.4 is 0 Å². The van der Waals surface area contributed by atoms with Crippen LogP contribution in [-0.2, 0) is 15.9 Å². The highest BCUT2D eigenvalue weighted by molar-refractivity contribution is 6.03. The monoisotopic (exact) mass is 340 g/mol. The van der Waals surface area contributed by atoms with Crippen molar-refractivity contribution in [2.75, 3.05) is 6.61 Å². The minimum atomic E-state index is -0.623. The minimum Gasteiger partial charge on any atom is -0.348 e. The average Bonchev–Trinajstić information content (AvgIpc) is 2.87. The highest BCUT2D eigenvalue weighted by atomic mass is 19.1. The standard InChI is InChI=1S/C21H21FO3/c1-21(2)24-12-16(25-21)11-19-17-6-4-3-5-13(17)9-14-7-8-15(22)10-18(14)20(19)23/h3-8,10,16,19H,9,11-12H2,1-2H3/t16-,19+/m1/s1. The van der Waals surface area contributed by atoms with E-state index in [1.54, 1.807) is 6.07 Å². The fraction of sp³-hybridized carbons (Fsp3) is 0.381. The second-order valence-electron chi connectivity index (χ2n) is 7.28. The Hall–Kier alpha value is -2.04. The maximum atomic E-state index is 13.8. The van der Waals surface area contributed by atoms with Crippen molar-refractivity contribution in [2.24, 2.45) is 0 Å². The molecule has 25 heavy (non-hydrogen) atoms. The minimum absolute atomic E-state index is 0.0345. The van der Waals surface area contributed by atoms with Crippen LogP contribution in [0.2, 0.25) is 0 Å². The molecule has 0 spiro atoms. The fourth-order valence-corrected chi connectivity index (χ4v) is 3.88. The van der Waals surface area contributed by atoms with Crippen molar-refractivity contribution in [2.45, 2.75) is 44.5 Å². The summed E-state index contributed by atoms with van der Waals surface area (Å²) >= 11 is 0. The van der Waals surface area contributed by atoms with Crippen LogP contribution in [0.5, 0.6) is 0 Å². The summed E-state index contributed by atoms with van der Waals surface area (Å²) in [5.74, 6) is -1.38. The molecule has 2 atom stereocenters. The molecule has 0 N–H and O–H groups in total. The summed E-state index contributed by atoms with van der Waals surface area (Å²) in [6.07, 6.45) is 1.03. The van der Waals surface area contributed by atoms with Gasteiger partial charge in [0, 0.05) is 5.56 Å². The van der Waals surface area contributed by atoms with Gasteiger partial charge in [-0.05, 0) is 55.5 Å². The summed E-state index contributed by atoms with van der Waals surface area (Å²) in [6.45, 7) is 4.22. The molecule has 0 amide bonds. The van der Waals surface area contributed by atoms with E-state index >= 15 is 0 Å². The predicted molar refractivity (Wildman–Crippen MR) is 92.2 cm³/mol. The Morgan fingerprint density at radius 2 is 1.96 bits per heavy atom. The molecule has 2 aromatic rings. The number of halogens is 1. The topological polar surface area (TPSA) is 35.5 Å². The quantitative estimate of drug-likeness (QED) is 0.820. The molecule has 1 aliphatic carbocycles. The zero-order valence-corrected chi connectivity index (χ0v) is 14.4. The molecule has 4 rings (SSSR count). The maximum Gasteiger partial charge on any atom is 0.170 e. The molecule has 1 heterocycles. The van der Waals surface area contributed by atoms with Gasteiger partial charge in [-0.25, -0.2) is 4.39 Å². The van der Waals surface area contributed by atoms with Gasteiger partial charge in [-0.15, -0.1) is 0 Å². The van der Waals surface area contributed by atoms with Crippen molar-refractivity contribution >= 4 is 5.78 Å². The highest BCUT2D eigenvalue weighted by Crippen LogP contribution is 2.37. The van der Waals surface area contributed by atoms with E-state index in [2.05, 4.69) is 0 Å². The Labute approximate surface area is 146 Å². The van der Waals surface area contributed by atoms with Crippen molar-refractivity contribution in [3.63, 3.8) is 0 Å². The zero-order chi connectivity index (χ0) is 17.6. The van der Waals surface area contributed by atoms with Crippen LogP contribution in [-0.4, -0.2) is 24.3 Å². The van der Waals surface area contributed by atoms with Crippen molar-refractivity contribution in [1.29, 1.82) is 0 Å². The number of benzene rings is 2. The third-order valence-corrected chi connectivity index (χ3v) is 5.03. The van der Waals surface area contributed by atoms with Crippen LogP contribution in [0, 0.1) is 5.82 Å². The van der Waals surface area contributed by atoms with E-state index in [4.69, 9.17) is 9.47 Å². The lowest BCUT2D eigenvalue weighted by molar-refractivity contribution is -0.139. The Morgan fingerprint density at radius 3 is 2.72 bits per heavy atom. The molecule has 4 heteroatoms. The molecular formula is C21H21FO3. The van der Waals surface area contributed by atoms with E-state index in [9.17, 15) is 9.18 Å². The van der Waals surface area contributed by atoms with Gasteiger partial charge in [0.2, 0.25) is 0 Å². The van der Waals surface area contributed by atoms with Gasteiger partial charge in [-0.1, -0.05) is 30.3 Å². The second-order valence-corrected chi connectivity index (χ2v) is 7.28. The van der Waals surface area contributed by atoms with Gasteiger partial charge in [-0.2, -0.15) is 0 Å². The number of ketones is 1. The van der Waals surface area contributed by atoms with Crippen molar-refractivity contribution in [1.82, 2.24) is 0 Å². The molecule has 1 saturated heterocycles. The van der Waals surface area contributed by atoms with Crippen LogP contribution >= 0.6 is 0 Å². The number of carbonyl (C=O) groups is 1. The lowest BCUT2D eigenvalue weighted by Crippen LogP contribution is -2.24. The van der Waals surface area contributed by atoms with E-state index in [0.29, 0.717) is 25.0 Å². The van der Waals surface area contributed by atoms with E-state index in [1.807, 2.05) is 38.1 Å². The highest BCUT2D eigenvalue weighted by Gasteiger charge is 2.38. The van der Waals surface area contributed by atoms with Gasteiger partial charge in [0.1, 0.15) is 5.82 Å². The Kier molecular flexibility index (Phi) is 3.97. The molecule has 2 aromatic carbocycles. The summed E-state index contributed by atoms with van der Waals surface area (Å²) in [7, 11) is 0. The smallest absolute Gasteiger partial charge is 0.170 e. The number of Topliss-reactive ketones (excluding diaryl/α,β-unsaturated/α-hetero) is 1. The molecule has 0 unspecified atom stereocenters. The average molecular weight is 340 g/mol. The second kappa shape index (κ2) is 6.04. The third-order valence-electron chi connectivity index (χ3n) is 5.03. The summed E-state index contributed by atoms with van der Waals surface area (Å²) < 4.78 is 25.3. The van der Waals surface area contributed by atoms with E-state index < -0.39 is 5.79 Å². The maximum absolute atomic E-state index is 13.8. The molecule has 0 aromatic heterocycles. The van der Waals surface area contributed by atoms with Crippen molar-refractivity contribution in [3.05, 3.63) is 70.5 Å². The van der Waals surface area contributed by atoms with E-state index in [0.717, 1.165) is 16.7 Å². The number of rotatable bonds is 2.